The minimum atomic E-state index is -0.998. The maximum Gasteiger partial charge on any atom is 0.320 e. The fourth-order valence-electron chi connectivity index (χ4n) is 2.58. The molecule has 120 valence electrons. The van der Waals surface area contributed by atoms with Crippen LogP contribution in [0.15, 0.2) is 6.33 Å². The molecule has 22 heavy (non-hydrogen) atoms. The van der Waals surface area contributed by atoms with Gasteiger partial charge in [0.1, 0.15) is 18.3 Å². The van der Waals surface area contributed by atoms with Crippen molar-refractivity contribution in [2.24, 2.45) is 0 Å². The molecule has 0 amide bonds. The van der Waals surface area contributed by atoms with E-state index in [-0.39, 0.29) is 18.4 Å². The zero-order valence-corrected chi connectivity index (χ0v) is 12.1. The predicted octanol–water partition coefficient (Wildman–Crippen LogP) is -1.32. The van der Waals surface area contributed by atoms with E-state index < -0.39 is 24.5 Å². The molecule has 1 saturated heterocycles. The van der Waals surface area contributed by atoms with Crippen molar-refractivity contribution in [3.8, 4) is 6.01 Å². The van der Waals surface area contributed by atoms with E-state index in [0.717, 1.165) is 0 Å². The number of methoxy groups -OCH3 is 2. The van der Waals surface area contributed by atoms with Gasteiger partial charge in [0.2, 0.25) is 0 Å². The summed E-state index contributed by atoms with van der Waals surface area (Å²) in [4.78, 5) is 12.3. The molecule has 2 aromatic rings. The average Bonchev–Trinajstić information content (AvgIpc) is 3.07. The Hall–Kier alpha value is -2.01. The molecule has 4 N–H and O–H groups in total. The molecule has 3 rings (SSSR count). The second kappa shape index (κ2) is 5.65. The summed E-state index contributed by atoms with van der Waals surface area (Å²) in [5.74, 6) is 0.162. The van der Waals surface area contributed by atoms with Crippen molar-refractivity contribution < 1.29 is 24.4 Å². The summed E-state index contributed by atoms with van der Waals surface area (Å²) in [6.45, 7) is -0.279. The number of aliphatic hydroxyl groups is 2. The summed E-state index contributed by atoms with van der Waals surface area (Å²) in [5, 5.41) is 19.7. The van der Waals surface area contributed by atoms with Gasteiger partial charge in [0, 0.05) is 7.11 Å². The van der Waals surface area contributed by atoms with Crippen LogP contribution >= 0.6 is 0 Å². The lowest BCUT2D eigenvalue weighted by Gasteiger charge is -2.18. The number of rotatable bonds is 4. The first-order valence-corrected chi connectivity index (χ1v) is 6.62. The largest absolute Gasteiger partial charge is 0.467 e. The SMILES string of the molecule is COc1nc(N)c2ncn([C@@H]3O[C@H](CO)[C@@H](OC)[C@H]3O)c2n1. The molecule has 1 fully saturated rings. The lowest BCUT2D eigenvalue weighted by atomic mass is 10.1. The second-order valence-corrected chi connectivity index (χ2v) is 4.86. The molecule has 10 nitrogen and oxygen atoms in total. The van der Waals surface area contributed by atoms with E-state index in [0.29, 0.717) is 11.2 Å². The lowest BCUT2D eigenvalue weighted by Crippen LogP contribution is -2.35. The highest BCUT2D eigenvalue weighted by atomic mass is 16.6. The molecule has 0 bridgehead atoms. The minimum Gasteiger partial charge on any atom is -0.467 e. The van der Waals surface area contributed by atoms with Crippen LogP contribution in [0.4, 0.5) is 5.82 Å². The van der Waals surface area contributed by atoms with Crippen LogP contribution in [-0.2, 0) is 9.47 Å². The summed E-state index contributed by atoms with van der Waals surface area (Å²) in [6, 6.07) is 0.0845. The van der Waals surface area contributed by atoms with Gasteiger partial charge in [-0.3, -0.25) is 4.57 Å². The van der Waals surface area contributed by atoms with Gasteiger partial charge < -0.3 is 30.2 Å². The number of fused-ring (bicyclic) bond motifs is 1. The first-order valence-electron chi connectivity index (χ1n) is 6.62. The Morgan fingerprint density at radius 2 is 2.18 bits per heavy atom. The molecule has 0 aliphatic carbocycles. The van der Waals surface area contributed by atoms with Crippen LogP contribution in [0.25, 0.3) is 11.2 Å². The van der Waals surface area contributed by atoms with Crippen molar-refractivity contribution in [1.82, 2.24) is 19.5 Å². The Balaban J connectivity index is 2.05. The van der Waals surface area contributed by atoms with E-state index in [1.54, 1.807) is 0 Å². The van der Waals surface area contributed by atoms with E-state index in [2.05, 4.69) is 15.0 Å². The smallest absolute Gasteiger partial charge is 0.320 e. The van der Waals surface area contributed by atoms with E-state index in [9.17, 15) is 10.2 Å². The van der Waals surface area contributed by atoms with Crippen LogP contribution in [0.2, 0.25) is 0 Å². The molecule has 3 heterocycles. The van der Waals surface area contributed by atoms with Crippen molar-refractivity contribution in [3.63, 3.8) is 0 Å². The molecule has 0 spiro atoms. The van der Waals surface area contributed by atoms with Crippen LogP contribution in [-0.4, -0.2) is 68.9 Å². The molecule has 0 saturated carbocycles. The maximum absolute atomic E-state index is 10.4. The molecule has 0 unspecified atom stereocenters. The maximum atomic E-state index is 10.4. The van der Waals surface area contributed by atoms with Crippen LogP contribution < -0.4 is 10.5 Å². The summed E-state index contributed by atoms with van der Waals surface area (Å²) >= 11 is 0. The van der Waals surface area contributed by atoms with Crippen LogP contribution in [0.1, 0.15) is 6.23 Å². The van der Waals surface area contributed by atoms with Gasteiger partial charge in [0.25, 0.3) is 0 Å². The Kier molecular flexibility index (Phi) is 3.83. The number of nitrogens with two attached hydrogens (primary N) is 1. The molecule has 1 aliphatic rings. The monoisotopic (exact) mass is 311 g/mol. The quantitative estimate of drug-likeness (QED) is 0.627. The van der Waals surface area contributed by atoms with Gasteiger partial charge in [-0.25, -0.2) is 4.98 Å². The van der Waals surface area contributed by atoms with Crippen molar-refractivity contribution in [1.29, 1.82) is 0 Å². The zero-order valence-electron chi connectivity index (χ0n) is 12.1. The Morgan fingerprint density at radius 3 is 2.77 bits per heavy atom. The topological polar surface area (TPSA) is 138 Å². The predicted molar refractivity (Wildman–Crippen MR) is 74.1 cm³/mol. The molecule has 0 aromatic carbocycles. The first-order chi connectivity index (χ1) is 10.6. The lowest BCUT2D eigenvalue weighted by molar-refractivity contribution is -0.0536. The molecular formula is C12H17N5O5. The second-order valence-electron chi connectivity index (χ2n) is 4.86. The van der Waals surface area contributed by atoms with E-state index >= 15 is 0 Å². The minimum absolute atomic E-state index is 0.0845. The standard InChI is InChI=1S/C12H17N5O5/c1-20-8-5(3-18)22-11(7(8)19)17-4-14-6-9(13)15-12(21-2)16-10(6)17/h4-5,7-8,11,18-19H,3H2,1-2H3,(H2,13,15,16)/t5-,7-,8-,11-/m1/s1. The summed E-state index contributed by atoms with van der Waals surface area (Å²) in [7, 11) is 2.86. The number of aliphatic hydroxyl groups excluding tert-OH is 2. The highest BCUT2D eigenvalue weighted by molar-refractivity contribution is 5.82. The Bertz CT molecular complexity index is 677. The van der Waals surface area contributed by atoms with E-state index in [1.165, 1.54) is 25.1 Å². The van der Waals surface area contributed by atoms with Crippen molar-refractivity contribution in [2.75, 3.05) is 26.6 Å². The highest BCUT2D eigenvalue weighted by Gasteiger charge is 2.45. The number of imidazole rings is 1. The number of ether oxygens (including phenoxy) is 3. The van der Waals surface area contributed by atoms with Gasteiger partial charge in [0.15, 0.2) is 23.2 Å². The van der Waals surface area contributed by atoms with Crippen molar-refractivity contribution >= 4 is 17.0 Å². The number of hydrogen-bond donors (Lipinski definition) is 3. The summed E-state index contributed by atoms with van der Waals surface area (Å²) in [5.41, 5.74) is 6.55. The number of nitrogen functional groups attached to an aromatic ring is 1. The number of nitrogens with zero attached hydrogens (tertiary/aromatic N) is 4. The fourth-order valence-corrected chi connectivity index (χ4v) is 2.58. The molecular weight excluding hydrogens is 294 g/mol. The van der Waals surface area contributed by atoms with Crippen LogP contribution in [0, 0.1) is 0 Å². The summed E-state index contributed by atoms with van der Waals surface area (Å²) in [6.07, 6.45) is -1.68. The van der Waals surface area contributed by atoms with Crippen LogP contribution in [0.5, 0.6) is 6.01 Å². The van der Waals surface area contributed by atoms with E-state index in [1.807, 2.05) is 0 Å². The number of aromatic nitrogens is 4. The van der Waals surface area contributed by atoms with Gasteiger partial charge in [0.05, 0.1) is 20.0 Å². The van der Waals surface area contributed by atoms with Crippen molar-refractivity contribution in [3.05, 3.63) is 6.33 Å². The first kappa shape index (κ1) is 14.9. The molecule has 2 aromatic heterocycles. The average molecular weight is 311 g/mol. The third-order valence-electron chi connectivity index (χ3n) is 3.65. The molecule has 0 radical (unpaired) electrons. The molecule has 10 heteroatoms. The molecule has 4 atom stereocenters. The number of hydrogen-bond acceptors (Lipinski definition) is 9. The third kappa shape index (κ3) is 2.16. The number of anilines is 1. The van der Waals surface area contributed by atoms with Gasteiger partial charge in [-0.05, 0) is 0 Å². The van der Waals surface area contributed by atoms with Gasteiger partial charge >= 0.3 is 6.01 Å². The Morgan fingerprint density at radius 1 is 1.41 bits per heavy atom. The Labute approximate surface area is 125 Å². The molecule has 1 aliphatic heterocycles. The normalized spacial score (nSPS) is 28.4. The fraction of sp³-hybridized carbons (Fsp3) is 0.583. The highest BCUT2D eigenvalue weighted by Crippen LogP contribution is 2.33. The zero-order chi connectivity index (χ0) is 15.9. The third-order valence-corrected chi connectivity index (χ3v) is 3.65. The van der Waals surface area contributed by atoms with Gasteiger partial charge in [-0.15, -0.1) is 0 Å². The summed E-state index contributed by atoms with van der Waals surface area (Å²) < 4.78 is 17.3. The van der Waals surface area contributed by atoms with Gasteiger partial charge in [-0.2, -0.15) is 9.97 Å². The van der Waals surface area contributed by atoms with Gasteiger partial charge in [-0.1, -0.05) is 0 Å². The van der Waals surface area contributed by atoms with Crippen LogP contribution in [0.3, 0.4) is 0 Å². The van der Waals surface area contributed by atoms with Crippen molar-refractivity contribution in [2.45, 2.75) is 24.5 Å². The van der Waals surface area contributed by atoms with E-state index in [4.69, 9.17) is 19.9 Å².